The molecule has 1 unspecified atom stereocenters. The van der Waals surface area contributed by atoms with Crippen LogP contribution in [0.2, 0.25) is 0 Å². The van der Waals surface area contributed by atoms with Gasteiger partial charge in [0, 0.05) is 6.61 Å². The van der Waals surface area contributed by atoms with Crippen LogP contribution in [0.3, 0.4) is 0 Å². The van der Waals surface area contributed by atoms with Crippen molar-refractivity contribution in [2.24, 2.45) is 0 Å². The van der Waals surface area contributed by atoms with Crippen LogP contribution in [0.5, 0.6) is 0 Å². The normalized spacial score (nSPS) is 24.2. The summed E-state index contributed by atoms with van der Waals surface area (Å²) < 4.78 is 10.9. The van der Waals surface area contributed by atoms with E-state index in [1.807, 2.05) is 6.92 Å². The summed E-state index contributed by atoms with van der Waals surface area (Å²) in [5, 5.41) is 0. The van der Waals surface area contributed by atoms with E-state index in [1.165, 1.54) is 6.42 Å². The van der Waals surface area contributed by atoms with Gasteiger partial charge in [0.05, 0.1) is 6.20 Å². The molecule has 3 heteroatoms. The molecule has 0 saturated carbocycles. The van der Waals surface area contributed by atoms with Gasteiger partial charge in [-0.3, -0.25) is 0 Å². The van der Waals surface area contributed by atoms with Crippen molar-refractivity contribution in [3.63, 3.8) is 0 Å². The molecular weight excluding hydrogens is 154 g/mol. The molecule has 0 N–H and O–H groups in total. The zero-order valence-corrected chi connectivity index (χ0v) is 7.25. The monoisotopic (exact) mass is 167 g/mol. The van der Waals surface area contributed by atoms with Crippen LogP contribution >= 0.6 is 0 Å². The number of hydrogen-bond donors (Lipinski definition) is 0. The fourth-order valence-electron chi connectivity index (χ4n) is 1.46. The van der Waals surface area contributed by atoms with Crippen molar-refractivity contribution < 1.29 is 9.15 Å². The summed E-state index contributed by atoms with van der Waals surface area (Å²) in [4.78, 5) is 4.15. The largest absolute Gasteiger partial charge is 0.443 e. The Morgan fingerprint density at radius 3 is 3.00 bits per heavy atom. The fraction of sp³-hybridized carbons (Fsp3) is 0.667. The van der Waals surface area contributed by atoms with Gasteiger partial charge in [0.25, 0.3) is 0 Å². The third-order valence-electron chi connectivity index (χ3n) is 2.09. The Labute approximate surface area is 71.7 Å². The minimum atomic E-state index is 0.104. The molecule has 0 bridgehead atoms. The van der Waals surface area contributed by atoms with Crippen LogP contribution in [0.15, 0.2) is 10.6 Å². The van der Waals surface area contributed by atoms with Gasteiger partial charge < -0.3 is 9.15 Å². The average molecular weight is 167 g/mol. The minimum Gasteiger partial charge on any atom is -0.443 e. The van der Waals surface area contributed by atoms with Gasteiger partial charge in [0.2, 0.25) is 5.89 Å². The molecule has 0 radical (unpaired) electrons. The van der Waals surface area contributed by atoms with E-state index in [2.05, 4.69) is 4.98 Å². The minimum absolute atomic E-state index is 0.104. The Hall–Kier alpha value is -0.830. The highest BCUT2D eigenvalue weighted by Crippen LogP contribution is 2.26. The van der Waals surface area contributed by atoms with E-state index < -0.39 is 0 Å². The Morgan fingerprint density at radius 2 is 2.42 bits per heavy atom. The molecule has 66 valence electrons. The number of aromatic nitrogens is 1. The van der Waals surface area contributed by atoms with E-state index in [0.29, 0.717) is 0 Å². The highest BCUT2D eigenvalue weighted by Gasteiger charge is 2.20. The first-order chi connectivity index (χ1) is 5.86. The van der Waals surface area contributed by atoms with Crippen molar-refractivity contribution in [2.75, 3.05) is 6.61 Å². The predicted molar refractivity (Wildman–Crippen MR) is 43.8 cm³/mol. The first kappa shape index (κ1) is 7.80. The Balaban J connectivity index is 2.08. The summed E-state index contributed by atoms with van der Waals surface area (Å²) >= 11 is 0. The topological polar surface area (TPSA) is 35.3 Å². The molecule has 0 aliphatic carbocycles. The van der Waals surface area contributed by atoms with Gasteiger partial charge >= 0.3 is 0 Å². The van der Waals surface area contributed by atoms with Crippen molar-refractivity contribution in [1.29, 1.82) is 0 Å². The van der Waals surface area contributed by atoms with E-state index in [9.17, 15) is 0 Å². The molecule has 1 atom stereocenters. The second-order valence-electron chi connectivity index (χ2n) is 3.16. The summed E-state index contributed by atoms with van der Waals surface area (Å²) in [6, 6.07) is 0. The predicted octanol–water partition coefficient (Wildman–Crippen LogP) is 2.22. The van der Waals surface area contributed by atoms with E-state index in [4.69, 9.17) is 9.15 Å². The van der Waals surface area contributed by atoms with Gasteiger partial charge in [-0.1, -0.05) is 0 Å². The Bertz CT molecular complexity index is 251. The first-order valence-electron chi connectivity index (χ1n) is 4.40. The molecule has 1 aliphatic heterocycles. The highest BCUT2D eigenvalue weighted by atomic mass is 16.5. The summed E-state index contributed by atoms with van der Waals surface area (Å²) in [5.74, 6) is 1.60. The lowest BCUT2D eigenvalue weighted by atomic mass is 10.1. The van der Waals surface area contributed by atoms with E-state index in [0.717, 1.165) is 31.1 Å². The second kappa shape index (κ2) is 3.27. The molecule has 0 amide bonds. The molecule has 1 aliphatic rings. The van der Waals surface area contributed by atoms with Crippen molar-refractivity contribution >= 4 is 0 Å². The number of oxazole rings is 1. The summed E-state index contributed by atoms with van der Waals surface area (Å²) in [5.41, 5.74) is 0. The lowest BCUT2D eigenvalue weighted by molar-refractivity contribution is -0.00187. The SMILES string of the molecule is Cc1cnc(C2CCCCO2)o1. The third-order valence-corrected chi connectivity index (χ3v) is 2.09. The van der Waals surface area contributed by atoms with Crippen molar-refractivity contribution in [1.82, 2.24) is 4.98 Å². The van der Waals surface area contributed by atoms with Crippen LogP contribution in [0, 0.1) is 6.92 Å². The molecule has 12 heavy (non-hydrogen) atoms. The lowest BCUT2D eigenvalue weighted by Crippen LogP contribution is -2.11. The van der Waals surface area contributed by atoms with Crippen molar-refractivity contribution in [2.45, 2.75) is 32.3 Å². The molecule has 1 aromatic heterocycles. The van der Waals surface area contributed by atoms with Crippen LogP contribution in [-0.4, -0.2) is 11.6 Å². The van der Waals surface area contributed by atoms with E-state index in [1.54, 1.807) is 6.20 Å². The Morgan fingerprint density at radius 1 is 1.50 bits per heavy atom. The number of nitrogens with zero attached hydrogens (tertiary/aromatic N) is 1. The first-order valence-corrected chi connectivity index (χ1v) is 4.40. The van der Waals surface area contributed by atoms with Gasteiger partial charge in [-0.05, 0) is 26.2 Å². The zero-order chi connectivity index (χ0) is 8.39. The molecule has 1 fully saturated rings. The smallest absolute Gasteiger partial charge is 0.223 e. The van der Waals surface area contributed by atoms with Crippen LogP contribution in [0.1, 0.15) is 37.0 Å². The maximum atomic E-state index is 5.52. The van der Waals surface area contributed by atoms with Gasteiger partial charge in [-0.2, -0.15) is 0 Å². The molecular formula is C9H13NO2. The zero-order valence-electron chi connectivity index (χ0n) is 7.25. The van der Waals surface area contributed by atoms with Gasteiger partial charge in [0.1, 0.15) is 11.9 Å². The summed E-state index contributed by atoms with van der Waals surface area (Å²) in [6.45, 7) is 2.74. The maximum Gasteiger partial charge on any atom is 0.223 e. The summed E-state index contributed by atoms with van der Waals surface area (Å²) in [6.07, 6.45) is 5.27. The average Bonchev–Trinajstić information content (AvgIpc) is 2.54. The quantitative estimate of drug-likeness (QED) is 0.643. The van der Waals surface area contributed by atoms with Crippen molar-refractivity contribution in [3.05, 3.63) is 17.8 Å². The molecule has 0 spiro atoms. The molecule has 2 heterocycles. The third kappa shape index (κ3) is 1.50. The summed E-state index contributed by atoms with van der Waals surface area (Å²) in [7, 11) is 0. The molecule has 3 nitrogen and oxygen atoms in total. The number of rotatable bonds is 1. The van der Waals surface area contributed by atoms with Crippen molar-refractivity contribution in [3.8, 4) is 0 Å². The fourth-order valence-corrected chi connectivity index (χ4v) is 1.46. The molecule has 2 rings (SSSR count). The van der Waals surface area contributed by atoms with Crippen LogP contribution < -0.4 is 0 Å². The standard InChI is InChI=1S/C9H13NO2/c1-7-6-10-9(12-7)8-4-2-3-5-11-8/h6,8H,2-5H2,1H3. The lowest BCUT2D eigenvalue weighted by Gasteiger charge is -2.19. The van der Waals surface area contributed by atoms with E-state index >= 15 is 0 Å². The van der Waals surface area contributed by atoms with Crippen LogP contribution in [-0.2, 0) is 4.74 Å². The van der Waals surface area contributed by atoms with Crippen LogP contribution in [0.25, 0.3) is 0 Å². The van der Waals surface area contributed by atoms with Crippen LogP contribution in [0.4, 0.5) is 0 Å². The molecule has 1 aromatic rings. The van der Waals surface area contributed by atoms with E-state index in [-0.39, 0.29) is 6.10 Å². The number of hydrogen-bond acceptors (Lipinski definition) is 3. The maximum absolute atomic E-state index is 5.52. The van der Waals surface area contributed by atoms with Gasteiger partial charge in [-0.25, -0.2) is 4.98 Å². The number of aryl methyl sites for hydroxylation is 1. The molecule has 1 saturated heterocycles. The van der Waals surface area contributed by atoms with Gasteiger partial charge in [0.15, 0.2) is 0 Å². The van der Waals surface area contributed by atoms with Gasteiger partial charge in [-0.15, -0.1) is 0 Å². The molecule has 0 aromatic carbocycles. The Kier molecular flexibility index (Phi) is 2.13. The second-order valence-corrected chi connectivity index (χ2v) is 3.16. The number of ether oxygens (including phenoxy) is 1. The highest BCUT2D eigenvalue weighted by molar-refractivity contribution is 4.94.